The van der Waals surface area contributed by atoms with E-state index in [9.17, 15) is 21.6 Å². The molecule has 0 saturated carbocycles. The van der Waals surface area contributed by atoms with Crippen LogP contribution in [0.2, 0.25) is 0 Å². The molecule has 0 amide bonds. The van der Waals surface area contributed by atoms with Crippen molar-refractivity contribution in [2.75, 3.05) is 9.80 Å². The summed E-state index contributed by atoms with van der Waals surface area (Å²) in [4.78, 5) is 4.33. The predicted octanol–water partition coefficient (Wildman–Crippen LogP) is 23.1. The van der Waals surface area contributed by atoms with E-state index in [1.54, 1.807) is 0 Å². The minimum Gasteiger partial charge on any atom is -0.405 e. The van der Waals surface area contributed by atoms with Crippen molar-refractivity contribution in [3.05, 3.63) is 315 Å². The zero-order valence-corrected chi connectivity index (χ0v) is 64.2. The molecule has 15 rings (SSSR count). The lowest BCUT2D eigenvalue weighted by molar-refractivity contribution is -0.0500. The zero-order valence-electron chi connectivity index (χ0n) is 63.4. The Morgan fingerprint density at radius 3 is 0.826 bits per heavy atom. The molecule has 3 fully saturated rings. The average Bonchev–Trinajstić information content (AvgIpc) is 1.66. The lowest BCUT2D eigenvalue weighted by Crippen LogP contribution is -2.41. The Hall–Kier alpha value is -10.3. The van der Waals surface area contributed by atoms with Gasteiger partial charge in [-0.05, 0) is 229 Å². The molecule has 0 spiro atoms. The second-order valence-electron chi connectivity index (χ2n) is 30.3. The van der Waals surface area contributed by atoms with E-state index in [2.05, 4.69) is 201 Å². The van der Waals surface area contributed by atoms with Gasteiger partial charge in [-0.1, -0.05) is 231 Å². The third-order valence-corrected chi connectivity index (χ3v) is 22.3. The van der Waals surface area contributed by atoms with Crippen LogP contribution in [0.1, 0.15) is 83.1 Å². The highest BCUT2D eigenvalue weighted by atomic mass is 32.2. The number of nitrogens with zero attached hydrogens (tertiary/aromatic N) is 2. The van der Waals surface area contributed by atoms with Gasteiger partial charge in [0.25, 0.3) is 0 Å². The van der Waals surface area contributed by atoms with Crippen molar-refractivity contribution in [2.45, 2.75) is 122 Å². The van der Waals surface area contributed by atoms with Gasteiger partial charge in [0.05, 0.1) is 45.0 Å². The standard InChI is InChI=1S/C42H38BNO2.C37H26F3NO3S.C12H24B2O4/c1-41(2)42(3,4)46-43(45-41)36-23-27-38(28-24-36)44(37-25-20-33(21-26-37)31-14-8-5-9-15-31)40-29-22-35(32-16-10-6-11-17-32)30-39(40)34-18-12-7-13-19-34;38-37(39,40)45(42,43)44-34-23-21-33(22-24-34)41(32-19-16-29(17-20-32)27-10-4-1-5-11-27)36-25-18-31(28-12-6-2-7-13-28)26-35(36)30-14-8-3-9-15-30;1-9(2)10(3,4)16-13(15-9)14-17-11(5,6)12(7,8)18-14/h5-30H,1-4H3;1-26H;1-8H3. The van der Waals surface area contributed by atoms with Gasteiger partial charge in [-0.15, -0.1) is 0 Å². The normalized spacial score (nSPS) is 16.4. The van der Waals surface area contributed by atoms with Gasteiger partial charge in [0.15, 0.2) is 0 Å². The summed E-state index contributed by atoms with van der Waals surface area (Å²) in [6, 6.07) is 105. The summed E-state index contributed by atoms with van der Waals surface area (Å²) in [7, 11) is -7.17. The summed E-state index contributed by atoms with van der Waals surface area (Å²) in [5.41, 5.74) is 11.7. The first kappa shape index (κ1) is 76.9. The summed E-state index contributed by atoms with van der Waals surface area (Å²) >= 11 is 0. The molecule has 0 N–H and O–H groups in total. The number of halogens is 3. The van der Waals surface area contributed by atoms with Crippen LogP contribution >= 0.6 is 0 Å². The molecular formula is C91H88B3F3N2O9S. The SMILES string of the molecule is CC1(C)OB(B2OC(C)(C)C(C)(C)O2)OC1(C)C.CC1(C)OB(c2ccc(N(c3ccc(-c4ccccc4)cc3)c3ccc(-c4ccccc4)cc3-c3ccccc3)cc2)OC1(C)C.O=S(=O)(Oc1ccc(N(c2ccc(-c3ccccc3)cc2)c2ccc(-c3ccccc3)cc2-c2ccccc2)cc1)C(F)(F)F. The van der Waals surface area contributed by atoms with Gasteiger partial charge in [0.2, 0.25) is 0 Å². The molecule has 552 valence electrons. The average molecular weight is 1480 g/mol. The maximum absolute atomic E-state index is 13.0. The lowest BCUT2D eigenvalue weighted by atomic mass is 9.49. The second kappa shape index (κ2) is 31.0. The van der Waals surface area contributed by atoms with E-state index in [4.69, 9.17) is 27.9 Å². The van der Waals surface area contributed by atoms with Crippen LogP contribution in [-0.2, 0) is 38.0 Å². The minimum atomic E-state index is -5.81. The fraction of sp³-hybridized carbons (Fsp3) is 0.209. The van der Waals surface area contributed by atoms with Crippen molar-refractivity contribution >= 4 is 70.8 Å². The zero-order chi connectivity index (χ0) is 77.2. The minimum absolute atomic E-state index is 0.360. The fourth-order valence-corrected chi connectivity index (χ4v) is 13.5. The molecule has 3 aliphatic rings. The highest BCUT2D eigenvalue weighted by Gasteiger charge is 2.64. The molecule has 3 aliphatic heterocycles. The molecule has 3 saturated heterocycles. The van der Waals surface area contributed by atoms with Gasteiger partial charge in [-0.3, -0.25) is 0 Å². The van der Waals surface area contributed by atoms with Crippen molar-refractivity contribution < 1.29 is 53.7 Å². The number of hydrogen-bond acceptors (Lipinski definition) is 11. The summed E-state index contributed by atoms with van der Waals surface area (Å²) in [6.45, 7) is 24.6. The van der Waals surface area contributed by atoms with Crippen LogP contribution in [0, 0.1) is 0 Å². The van der Waals surface area contributed by atoms with Crippen LogP contribution in [0.4, 0.5) is 47.3 Å². The van der Waals surface area contributed by atoms with E-state index in [1.807, 2.05) is 188 Å². The van der Waals surface area contributed by atoms with Gasteiger partial charge in [-0.2, -0.15) is 21.6 Å². The Labute approximate surface area is 640 Å². The Bertz CT molecular complexity index is 5110. The topological polar surface area (TPSA) is 105 Å². The van der Waals surface area contributed by atoms with Gasteiger partial charge in [0.1, 0.15) is 5.75 Å². The molecule has 0 aromatic heterocycles. The first-order valence-corrected chi connectivity index (χ1v) is 38.0. The molecular weight excluding hydrogens is 1390 g/mol. The Balaban J connectivity index is 0.000000157. The van der Waals surface area contributed by atoms with E-state index in [1.165, 1.54) is 46.5 Å². The first-order chi connectivity index (χ1) is 51.9. The van der Waals surface area contributed by atoms with Gasteiger partial charge in [-0.25, -0.2) is 0 Å². The van der Waals surface area contributed by atoms with Gasteiger partial charge >= 0.3 is 36.8 Å². The van der Waals surface area contributed by atoms with Crippen LogP contribution in [0.3, 0.4) is 0 Å². The molecule has 109 heavy (non-hydrogen) atoms. The fourth-order valence-electron chi connectivity index (χ4n) is 13.1. The van der Waals surface area contributed by atoms with Crippen molar-refractivity contribution in [2.24, 2.45) is 0 Å². The number of anilines is 6. The van der Waals surface area contributed by atoms with E-state index < -0.39 is 53.7 Å². The summed E-state index contributed by atoms with van der Waals surface area (Å²) in [5.74, 6) is -0.446. The quantitative estimate of drug-likeness (QED) is 0.0525. The third kappa shape index (κ3) is 16.8. The highest BCUT2D eigenvalue weighted by molar-refractivity contribution is 7.88. The maximum atomic E-state index is 13.0. The molecule has 12 aromatic carbocycles. The second-order valence-corrected chi connectivity index (χ2v) is 31.9. The van der Waals surface area contributed by atoms with Gasteiger partial charge in [0, 0.05) is 33.9 Å². The Morgan fingerprint density at radius 1 is 0.294 bits per heavy atom. The molecule has 3 heterocycles. The third-order valence-electron chi connectivity index (χ3n) is 21.4. The van der Waals surface area contributed by atoms with E-state index in [0.29, 0.717) is 5.69 Å². The number of rotatable bonds is 16. The van der Waals surface area contributed by atoms with E-state index >= 15 is 0 Å². The number of alkyl halides is 3. The van der Waals surface area contributed by atoms with Crippen LogP contribution in [0.15, 0.2) is 315 Å². The summed E-state index contributed by atoms with van der Waals surface area (Å²) in [5, 5.41) is 0. The number of hydrogen-bond donors (Lipinski definition) is 0. The molecule has 12 aromatic rings. The first-order valence-electron chi connectivity index (χ1n) is 36.6. The molecule has 11 nitrogen and oxygen atoms in total. The molecule has 0 atom stereocenters. The highest BCUT2D eigenvalue weighted by Crippen LogP contribution is 2.48. The van der Waals surface area contributed by atoms with E-state index in [-0.39, 0.29) is 22.4 Å². The Morgan fingerprint density at radius 2 is 0.532 bits per heavy atom. The van der Waals surface area contributed by atoms with Crippen LogP contribution in [0.5, 0.6) is 5.75 Å². The maximum Gasteiger partial charge on any atom is 0.534 e. The Kier molecular flexibility index (Phi) is 21.9. The predicted molar refractivity (Wildman–Crippen MR) is 438 cm³/mol. The lowest BCUT2D eigenvalue weighted by Gasteiger charge is -2.32. The largest absolute Gasteiger partial charge is 0.534 e. The van der Waals surface area contributed by atoms with Crippen molar-refractivity contribution in [3.8, 4) is 72.5 Å². The van der Waals surface area contributed by atoms with E-state index in [0.717, 1.165) is 78.4 Å². The molecule has 0 unspecified atom stereocenters. The smallest absolute Gasteiger partial charge is 0.405 e. The van der Waals surface area contributed by atoms with Crippen LogP contribution < -0.4 is 19.4 Å². The molecule has 0 bridgehead atoms. The summed E-state index contributed by atoms with van der Waals surface area (Å²) < 4.78 is 103. The molecule has 0 aliphatic carbocycles. The van der Waals surface area contributed by atoms with Crippen LogP contribution in [-0.4, -0.2) is 68.7 Å². The van der Waals surface area contributed by atoms with Crippen molar-refractivity contribution in [1.82, 2.24) is 0 Å². The van der Waals surface area contributed by atoms with Crippen molar-refractivity contribution in [1.29, 1.82) is 0 Å². The van der Waals surface area contributed by atoms with Crippen molar-refractivity contribution in [3.63, 3.8) is 0 Å². The summed E-state index contributed by atoms with van der Waals surface area (Å²) in [6.07, 6.45) is 0. The number of benzene rings is 12. The monoisotopic (exact) mass is 1470 g/mol. The van der Waals surface area contributed by atoms with Gasteiger partial charge < -0.3 is 41.9 Å². The van der Waals surface area contributed by atoms with Crippen LogP contribution in [0.25, 0.3) is 66.8 Å². The molecule has 0 radical (unpaired) electrons. The molecule has 18 heteroatoms.